The number of nitrogens with one attached hydrogen (secondary N) is 2. The predicted molar refractivity (Wildman–Crippen MR) is 95.4 cm³/mol. The van der Waals surface area contributed by atoms with Gasteiger partial charge in [0.15, 0.2) is 0 Å². The molecular weight excluding hydrogens is 349 g/mol. The Morgan fingerprint density at radius 1 is 1.21 bits per heavy atom. The molecule has 1 amide bonds. The predicted octanol–water partition coefficient (Wildman–Crippen LogP) is 4.46. The van der Waals surface area contributed by atoms with Crippen LogP contribution in [0.2, 0.25) is 10.0 Å². The van der Waals surface area contributed by atoms with E-state index in [9.17, 15) is 4.79 Å². The third-order valence-corrected chi connectivity index (χ3v) is 3.56. The number of rotatable bonds is 5. The zero-order chi connectivity index (χ0) is 17.5. The highest BCUT2D eigenvalue weighted by Crippen LogP contribution is 2.25. The lowest BCUT2D eigenvalue weighted by atomic mass is 10.2. The van der Waals surface area contributed by atoms with Crippen molar-refractivity contribution >= 4 is 40.5 Å². The van der Waals surface area contributed by atoms with Gasteiger partial charge < -0.3 is 15.4 Å². The molecule has 0 aliphatic rings. The summed E-state index contributed by atoms with van der Waals surface area (Å²) in [5.74, 6) is 0.128. The number of hydrogen-bond acceptors (Lipinski definition) is 4. The molecule has 0 atom stereocenters. The molecule has 0 saturated carbocycles. The number of carbonyl (C=O) groups excluding carboxylic acids is 1. The van der Waals surface area contributed by atoms with Crippen molar-refractivity contribution in [3.63, 3.8) is 0 Å². The van der Waals surface area contributed by atoms with Crippen molar-refractivity contribution in [2.24, 2.45) is 0 Å². The summed E-state index contributed by atoms with van der Waals surface area (Å²) < 4.78 is 5.04. The molecule has 0 heterocycles. The fourth-order valence-electron chi connectivity index (χ4n) is 1.78. The van der Waals surface area contributed by atoms with E-state index >= 15 is 0 Å². The van der Waals surface area contributed by atoms with Crippen LogP contribution in [0.3, 0.4) is 0 Å². The highest BCUT2D eigenvalue weighted by atomic mass is 35.5. The maximum atomic E-state index is 12.1. The summed E-state index contributed by atoms with van der Waals surface area (Å²) in [6.07, 6.45) is 1.29. The average Bonchev–Trinajstić information content (AvgIpc) is 2.57. The molecule has 0 fully saturated rings. The van der Waals surface area contributed by atoms with E-state index in [2.05, 4.69) is 10.6 Å². The lowest BCUT2D eigenvalue weighted by Crippen LogP contribution is -2.14. The molecular formula is C17H13Cl2N3O2. The number of carbonyl (C=O) groups is 1. The van der Waals surface area contributed by atoms with Gasteiger partial charge in [0.1, 0.15) is 17.4 Å². The van der Waals surface area contributed by atoms with E-state index < -0.39 is 5.91 Å². The van der Waals surface area contributed by atoms with Crippen LogP contribution in [0, 0.1) is 11.3 Å². The lowest BCUT2D eigenvalue weighted by molar-refractivity contribution is -0.112. The zero-order valence-electron chi connectivity index (χ0n) is 12.6. The molecule has 5 nitrogen and oxygen atoms in total. The van der Waals surface area contributed by atoms with Gasteiger partial charge in [-0.2, -0.15) is 5.26 Å². The molecule has 2 N–H and O–H groups in total. The molecule has 24 heavy (non-hydrogen) atoms. The van der Waals surface area contributed by atoms with Gasteiger partial charge in [-0.05, 0) is 42.5 Å². The summed E-state index contributed by atoms with van der Waals surface area (Å²) in [6.45, 7) is 0. The molecule has 0 aliphatic heterocycles. The first-order valence-corrected chi connectivity index (χ1v) is 7.56. The van der Waals surface area contributed by atoms with Gasteiger partial charge >= 0.3 is 0 Å². The Balaban J connectivity index is 2.08. The van der Waals surface area contributed by atoms with Gasteiger partial charge in [0.2, 0.25) is 0 Å². The van der Waals surface area contributed by atoms with E-state index in [1.54, 1.807) is 49.6 Å². The first-order valence-electron chi connectivity index (χ1n) is 6.80. The van der Waals surface area contributed by atoms with Crippen molar-refractivity contribution in [1.82, 2.24) is 0 Å². The smallest absolute Gasteiger partial charge is 0.267 e. The Kier molecular flexibility index (Phi) is 6.07. The Hall–Kier alpha value is -2.68. The van der Waals surface area contributed by atoms with Gasteiger partial charge in [-0.25, -0.2) is 0 Å². The molecule has 0 aliphatic carbocycles. The normalized spacial score (nSPS) is 10.7. The van der Waals surface area contributed by atoms with Crippen LogP contribution in [0.25, 0.3) is 0 Å². The summed E-state index contributed by atoms with van der Waals surface area (Å²) >= 11 is 11.8. The molecule has 122 valence electrons. The molecule has 0 spiro atoms. The maximum absolute atomic E-state index is 12.1. The van der Waals surface area contributed by atoms with E-state index in [1.165, 1.54) is 6.20 Å². The van der Waals surface area contributed by atoms with Crippen LogP contribution in [0.5, 0.6) is 5.75 Å². The number of halogens is 2. The van der Waals surface area contributed by atoms with E-state index in [-0.39, 0.29) is 5.57 Å². The Morgan fingerprint density at radius 2 is 1.92 bits per heavy atom. The van der Waals surface area contributed by atoms with Gasteiger partial charge in [0.25, 0.3) is 5.91 Å². The minimum absolute atomic E-state index is 0.100. The molecule has 0 saturated heterocycles. The van der Waals surface area contributed by atoms with Crippen molar-refractivity contribution in [3.05, 3.63) is 64.3 Å². The number of amides is 1. The van der Waals surface area contributed by atoms with Gasteiger partial charge in [-0.3, -0.25) is 4.79 Å². The average molecular weight is 362 g/mol. The van der Waals surface area contributed by atoms with Crippen molar-refractivity contribution < 1.29 is 9.53 Å². The third-order valence-electron chi connectivity index (χ3n) is 3.02. The molecule has 2 aromatic rings. The molecule has 0 unspecified atom stereocenters. The number of hydrogen-bond donors (Lipinski definition) is 2. The number of anilines is 2. The van der Waals surface area contributed by atoms with Crippen LogP contribution >= 0.6 is 23.2 Å². The summed E-state index contributed by atoms with van der Waals surface area (Å²) in [7, 11) is 1.55. The summed E-state index contributed by atoms with van der Waals surface area (Å²) in [5.41, 5.74) is 0.981. The SMILES string of the molecule is COc1ccc(NC(=O)/C(C#N)=C\Nc2ccc(Cl)cc2Cl)cc1. The van der Waals surface area contributed by atoms with Crippen molar-refractivity contribution in [2.45, 2.75) is 0 Å². The minimum atomic E-state index is -0.541. The van der Waals surface area contributed by atoms with Gasteiger partial charge in [0, 0.05) is 16.9 Å². The lowest BCUT2D eigenvalue weighted by Gasteiger charge is -2.07. The first-order chi connectivity index (χ1) is 11.5. The molecule has 0 radical (unpaired) electrons. The van der Waals surface area contributed by atoms with E-state index in [0.717, 1.165) is 0 Å². The van der Waals surface area contributed by atoms with Crippen LogP contribution in [0.1, 0.15) is 0 Å². The monoisotopic (exact) mass is 361 g/mol. The minimum Gasteiger partial charge on any atom is -0.497 e. The summed E-state index contributed by atoms with van der Waals surface area (Å²) in [6, 6.07) is 13.5. The van der Waals surface area contributed by atoms with Gasteiger partial charge in [-0.1, -0.05) is 23.2 Å². The molecule has 0 aromatic heterocycles. The van der Waals surface area contributed by atoms with Crippen LogP contribution in [0.15, 0.2) is 54.2 Å². The van der Waals surface area contributed by atoms with Crippen molar-refractivity contribution in [3.8, 4) is 11.8 Å². The Labute approximate surface area is 149 Å². The van der Waals surface area contributed by atoms with Crippen LogP contribution < -0.4 is 15.4 Å². The maximum Gasteiger partial charge on any atom is 0.267 e. The Bertz CT molecular complexity index is 812. The first kappa shape index (κ1) is 17.7. The van der Waals surface area contributed by atoms with Crippen LogP contribution in [0.4, 0.5) is 11.4 Å². The molecule has 2 aromatic carbocycles. The number of nitriles is 1. The standard InChI is InChI=1S/C17H13Cl2N3O2/c1-24-14-5-3-13(4-6-14)22-17(23)11(9-20)10-21-16-7-2-12(18)8-15(16)19/h2-8,10,21H,1H3,(H,22,23)/b11-10-. The van der Waals surface area contributed by atoms with Crippen LogP contribution in [-0.4, -0.2) is 13.0 Å². The number of methoxy groups -OCH3 is 1. The summed E-state index contributed by atoms with van der Waals surface area (Å²) in [4.78, 5) is 12.1. The highest BCUT2D eigenvalue weighted by Gasteiger charge is 2.10. The quantitative estimate of drug-likeness (QED) is 0.608. The van der Waals surface area contributed by atoms with Crippen molar-refractivity contribution in [2.75, 3.05) is 17.7 Å². The summed E-state index contributed by atoms with van der Waals surface area (Å²) in [5, 5.41) is 15.5. The number of ether oxygens (including phenoxy) is 1. The Morgan fingerprint density at radius 3 is 2.50 bits per heavy atom. The number of nitrogens with zero attached hydrogens (tertiary/aromatic N) is 1. The number of benzene rings is 2. The van der Waals surface area contributed by atoms with Crippen LogP contribution in [-0.2, 0) is 4.79 Å². The largest absolute Gasteiger partial charge is 0.497 e. The second-order valence-corrected chi connectivity index (χ2v) is 5.46. The van der Waals surface area contributed by atoms with E-state index in [1.807, 2.05) is 6.07 Å². The molecule has 7 heteroatoms. The topological polar surface area (TPSA) is 74.1 Å². The highest BCUT2D eigenvalue weighted by molar-refractivity contribution is 6.36. The van der Waals surface area contributed by atoms with Crippen molar-refractivity contribution in [1.29, 1.82) is 5.26 Å². The molecule has 0 bridgehead atoms. The van der Waals surface area contributed by atoms with Gasteiger partial charge in [-0.15, -0.1) is 0 Å². The zero-order valence-corrected chi connectivity index (χ0v) is 14.2. The third kappa shape index (κ3) is 4.66. The van der Waals surface area contributed by atoms with E-state index in [4.69, 9.17) is 33.2 Å². The molecule has 2 rings (SSSR count). The van der Waals surface area contributed by atoms with Gasteiger partial charge in [0.05, 0.1) is 17.8 Å². The fourth-order valence-corrected chi connectivity index (χ4v) is 2.24. The fraction of sp³-hybridized carbons (Fsp3) is 0.0588. The second kappa shape index (κ2) is 8.25. The second-order valence-electron chi connectivity index (χ2n) is 4.62. The van der Waals surface area contributed by atoms with E-state index in [0.29, 0.717) is 27.2 Å².